The Morgan fingerprint density at radius 1 is 0.667 bits per heavy atom. The molecule has 0 radical (unpaired) electrons. The third-order valence-electron chi connectivity index (χ3n) is 2.98. The molecule has 178 valence electrons. The largest absolute Gasteiger partial charge is 0.460 e. The summed E-state index contributed by atoms with van der Waals surface area (Å²) in [6, 6.07) is 0. The maximum Gasteiger partial charge on any atom is 0.460 e. The van der Waals surface area contributed by atoms with Crippen LogP contribution in [-0.4, -0.2) is 60.9 Å². The fourth-order valence-electron chi connectivity index (χ4n) is 1.24. The average Bonchev–Trinajstić information content (AvgIpc) is 3.41. The molecule has 0 N–H and O–H groups in total. The van der Waals surface area contributed by atoms with E-state index in [1.807, 2.05) is 0 Å². The quantitative estimate of drug-likeness (QED) is 0.220. The smallest absolute Gasteiger partial charge is 0.431 e. The zero-order valence-electron chi connectivity index (χ0n) is 13.6. The molecule has 0 aliphatic carbocycles. The summed E-state index contributed by atoms with van der Waals surface area (Å²) < 4.78 is 198. The number of ether oxygens (including phenoxy) is 2. The predicted molar refractivity (Wildman–Crippen MR) is 62.8 cm³/mol. The number of halogens is 15. The van der Waals surface area contributed by atoms with Crippen molar-refractivity contribution < 1.29 is 80.1 Å². The van der Waals surface area contributed by atoms with Crippen molar-refractivity contribution in [2.24, 2.45) is 0 Å². The fraction of sp³-hybridized carbons (Fsp3) is 0.750. The Labute approximate surface area is 155 Å². The Kier molecular flexibility index (Phi) is 7.49. The van der Waals surface area contributed by atoms with Crippen LogP contribution in [0.5, 0.6) is 0 Å². The third-order valence-corrected chi connectivity index (χ3v) is 2.98. The van der Waals surface area contributed by atoms with Crippen molar-refractivity contribution in [2.75, 3.05) is 13.2 Å². The Bertz CT molecular complexity index is 633. The molecule has 0 spiro atoms. The van der Waals surface area contributed by atoms with Gasteiger partial charge in [0, 0.05) is 0 Å². The van der Waals surface area contributed by atoms with Gasteiger partial charge in [-0.15, -0.1) is 0 Å². The first-order valence-electron chi connectivity index (χ1n) is 6.71. The SMILES string of the molecule is C1CO1.C=COC(=O)C(F)(F)C(F)(F)C(F)(F)C(F)(F)C(F)(F)C(F)(F)C(F)(F)F. The van der Waals surface area contributed by atoms with Crippen LogP contribution >= 0.6 is 0 Å². The molecule has 0 atom stereocenters. The second kappa shape index (κ2) is 7.99. The van der Waals surface area contributed by atoms with E-state index in [1.165, 1.54) is 0 Å². The minimum absolute atomic E-state index is 0.422. The van der Waals surface area contributed by atoms with Crippen LogP contribution in [-0.2, 0) is 14.3 Å². The van der Waals surface area contributed by atoms with E-state index in [0.29, 0.717) is 0 Å². The number of alkyl halides is 15. The van der Waals surface area contributed by atoms with Crippen LogP contribution in [0.2, 0.25) is 0 Å². The summed E-state index contributed by atoms with van der Waals surface area (Å²) in [6.07, 6.45) is -8.11. The molecule has 0 aromatic heterocycles. The van der Waals surface area contributed by atoms with Gasteiger partial charge in [0.1, 0.15) is 0 Å². The zero-order valence-corrected chi connectivity index (χ0v) is 13.6. The van der Waals surface area contributed by atoms with E-state index in [2.05, 4.69) is 16.1 Å². The number of esters is 1. The topological polar surface area (TPSA) is 38.8 Å². The number of carbonyl (C=O) groups is 1. The minimum atomic E-state index is -8.44. The Morgan fingerprint density at radius 3 is 1.23 bits per heavy atom. The van der Waals surface area contributed by atoms with Gasteiger partial charge in [-0.1, -0.05) is 6.58 Å². The number of epoxide rings is 1. The first kappa shape index (κ1) is 28.1. The van der Waals surface area contributed by atoms with Crippen molar-refractivity contribution in [3.05, 3.63) is 12.8 Å². The van der Waals surface area contributed by atoms with E-state index in [4.69, 9.17) is 0 Å². The Balaban J connectivity index is 0.00000255. The monoisotopic (exact) mass is 484 g/mol. The van der Waals surface area contributed by atoms with Crippen LogP contribution in [0.1, 0.15) is 0 Å². The molecule has 1 aliphatic heterocycles. The van der Waals surface area contributed by atoms with E-state index >= 15 is 0 Å². The van der Waals surface area contributed by atoms with Crippen molar-refractivity contribution >= 4 is 5.97 Å². The lowest BCUT2D eigenvalue weighted by Gasteiger charge is -2.40. The zero-order chi connectivity index (χ0) is 24.6. The van der Waals surface area contributed by atoms with Crippen molar-refractivity contribution in [1.29, 1.82) is 0 Å². The normalized spacial score (nSPS) is 16.4. The van der Waals surface area contributed by atoms with Gasteiger partial charge in [-0.25, -0.2) is 4.79 Å². The summed E-state index contributed by atoms with van der Waals surface area (Å²) in [6.45, 7) is 4.30. The molecule has 0 aromatic carbocycles. The van der Waals surface area contributed by atoms with Gasteiger partial charge in [0.15, 0.2) is 0 Å². The van der Waals surface area contributed by atoms with Crippen LogP contribution < -0.4 is 0 Å². The van der Waals surface area contributed by atoms with Crippen LogP contribution in [0.3, 0.4) is 0 Å². The van der Waals surface area contributed by atoms with Gasteiger partial charge >= 0.3 is 47.7 Å². The summed E-state index contributed by atoms with van der Waals surface area (Å²) in [4.78, 5) is 10.5. The number of carbonyl (C=O) groups excluding carboxylic acids is 1. The van der Waals surface area contributed by atoms with Crippen LogP contribution in [0.25, 0.3) is 0 Å². The molecule has 3 nitrogen and oxygen atoms in total. The molecule has 1 saturated heterocycles. The predicted octanol–water partition coefficient (Wildman–Crippen LogP) is 5.06. The molecule has 18 heteroatoms. The summed E-state index contributed by atoms with van der Waals surface area (Å²) in [7, 11) is 0. The van der Waals surface area contributed by atoms with Gasteiger partial charge in [0.25, 0.3) is 0 Å². The second-order valence-electron chi connectivity index (χ2n) is 5.13. The summed E-state index contributed by atoms with van der Waals surface area (Å²) >= 11 is 0. The van der Waals surface area contributed by atoms with Gasteiger partial charge in [-0.05, 0) is 0 Å². The maximum atomic E-state index is 13.1. The molecular weight excluding hydrogens is 477 g/mol. The van der Waals surface area contributed by atoms with Gasteiger partial charge in [0.2, 0.25) is 0 Å². The minimum Gasteiger partial charge on any atom is -0.431 e. The molecule has 0 amide bonds. The van der Waals surface area contributed by atoms with Crippen LogP contribution in [0.15, 0.2) is 12.8 Å². The van der Waals surface area contributed by atoms with E-state index in [-0.39, 0.29) is 0 Å². The lowest BCUT2D eigenvalue weighted by Crippen LogP contribution is -2.73. The summed E-state index contributed by atoms with van der Waals surface area (Å²) in [5.41, 5.74) is 0. The fourth-order valence-corrected chi connectivity index (χ4v) is 1.24. The van der Waals surface area contributed by atoms with Crippen molar-refractivity contribution in [2.45, 2.75) is 41.7 Å². The van der Waals surface area contributed by atoms with Crippen molar-refractivity contribution in [3.63, 3.8) is 0 Å². The van der Waals surface area contributed by atoms with Crippen molar-refractivity contribution in [1.82, 2.24) is 0 Å². The number of hydrogen-bond acceptors (Lipinski definition) is 3. The Hall–Kier alpha value is -1.88. The first-order chi connectivity index (χ1) is 13.0. The average molecular weight is 484 g/mol. The van der Waals surface area contributed by atoms with Crippen LogP contribution in [0.4, 0.5) is 65.9 Å². The molecule has 1 rings (SSSR count). The van der Waals surface area contributed by atoms with E-state index in [9.17, 15) is 70.7 Å². The van der Waals surface area contributed by atoms with Gasteiger partial charge in [-0.2, -0.15) is 65.9 Å². The van der Waals surface area contributed by atoms with E-state index < -0.39 is 53.9 Å². The van der Waals surface area contributed by atoms with Gasteiger partial charge in [0.05, 0.1) is 19.5 Å². The number of rotatable bonds is 7. The highest BCUT2D eigenvalue weighted by atomic mass is 19.4. The third kappa shape index (κ3) is 4.27. The number of hydrogen-bond donors (Lipinski definition) is 0. The van der Waals surface area contributed by atoms with E-state index in [1.54, 1.807) is 0 Å². The second-order valence-corrected chi connectivity index (χ2v) is 5.13. The molecule has 30 heavy (non-hydrogen) atoms. The molecule has 1 fully saturated rings. The lowest BCUT2D eigenvalue weighted by molar-refractivity contribution is -0.450. The van der Waals surface area contributed by atoms with Crippen LogP contribution in [0, 0.1) is 0 Å². The van der Waals surface area contributed by atoms with Crippen molar-refractivity contribution in [3.8, 4) is 0 Å². The maximum absolute atomic E-state index is 13.1. The summed E-state index contributed by atoms with van der Waals surface area (Å²) in [5.74, 6) is -52.0. The molecule has 1 aliphatic rings. The highest BCUT2D eigenvalue weighted by Crippen LogP contribution is 2.62. The Morgan fingerprint density at radius 2 is 0.967 bits per heavy atom. The lowest BCUT2D eigenvalue weighted by atomic mass is 9.91. The molecule has 0 unspecified atom stereocenters. The summed E-state index contributed by atoms with van der Waals surface area (Å²) in [5, 5.41) is 0. The molecule has 1 heterocycles. The molecule has 0 aromatic rings. The standard InChI is InChI=1S/C10H3F15O2.C2H4O/c1-2-27-3(26)4(11,12)5(13,14)6(15,16)7(17,18)8(19,20)9(21,22)10(23,24)25;1-2-3-1/h2H,1H2;1-2H2. The van der Waals surface area contributed by atoms with E-state index in [0.717, 1.165) is 13.2 Å². The molecular formula is C12H7F15O3. The van der Waals surface area contributed by atoms with Gasteiger partial charge in [-0.3, -0.25) is 0 Å². The van der Waals surface area contributed by atoms with Gasteiger partial charge < -0.3 is 9.47 Å². The molecule has 0 saturated carbocycles. The highest BCUT2D eigenvalue weighted by molar-refractivity contribution is 5.79. The highest BCUT2D eigenvalue weighted by Gasteiger charge is 2.94. The molecule has 0 bridgehead atoms. The first-order valence-corrected chi connectivity index (χ1v) is 6.71.